The number of hydrogen-bond acceptors (Lipinski definition) is 4. The molecule has 0 aliphatic rings. The maximum atomic E-state index is 14.1. The SMILES string of the molecule is CCCCNC(=O)[C@H](CC)N(Cc1ccc(Cl)cc1)C(=O)CN(c1ccc(Cl)cc1C)S(=O)(=O)c1ccccc1. The lowest BCUT2D eigenvalue weighted by molar-refractivity contribution is -0.140. The average molecular weight is 605 g/mol. The second kappa shape index (κ2) is 14.5. The van der Waals surface area contributed by atoms with Gasteiger partial charge in [-0.25, -0.2) is 8.42 Å². The van der Waals surface area contributed by atoms with Gasteiger partial charge in [0.1, 0.15) is 12.6 Å². The smallest absolute Gasteiger partial charge is 0.264 e. The number of rotatable bonds is 13. The number of carbonyl (C=O) groups excluding carboxylic acids is 2. The topological polar surface area (TPSA) is 86.8 Å². The molecule has 0 unspecified atom stereocenters. The number of nitrogens with zero attached hydrogens (tertiary/aromatic N) is 2. The molecular weight excluding hydrogens is 569 g/mol. The monoisotopic (exact) mass is 603 g/mol. The van der Waals surface area contributed by atoms with Crippen molar-refractivity contribution in [1.29, 1.82) is 0 Å². The van der Waals surface area contributed by atoms with Gasteiger partial charge < -0.3 is 10.2 Å². The van der Waals surface area contributed by atoms with E-state index in [1.807, 2.05) is 13.8 Å². The van der Waals surface area contributed by atoms with Crippen molar-refractivity contribution in [2.75, 3.05) is 17.4 Å². The van der Waals surface area contributed by atoms with Gasteiger partial charge >= 0.3 is 0 Å². The van der Waals surface area contributed by atoms with Crippen LogP contribution in [0.5, 0.6) is 0 Å². The number of carbonyl (C=O) groups is 2. The molecule has 1 N–H and O–H groups in total. The Morgan fingerprint density at radius 1 is 0.925 bits per heavy atom. The van der Waals surface area contributed by atoms with Crippen molar-refractivity contribution in [3.63, 3.8) is 0 Å². The number of halogens is 2. The van der Waals surface area contributed by atoms with Crippen LogP contribution in [0, 0.1) is 6.92 Å². The zero-order valence-corrected chi connectivity index (χ0v) is 25.3. The van der Waals surface area contributed by atoms with Crippen LogP contribution in [0.25, 0.3) is 0 Å². The van der Waals surface area contributed by atoms with Crippen LogP contribution in [0.3, 0.4) is 0 Å². The Hall–Kier alpha value is -3.07. The van der Waals surface area contributed by atoms with Gasteiger partial charge in [0.25, 0.3) is 10.0 Å². The number of nitrogens with one attached hydrogen (secondary N) is 1. The zero-order valence-electron chi connectivity index (χ0n) is 22.9. The maximum Gasteiger partial charge on any atom is 0.264 e. The summed E-state index contributed by atoms with van der Waals surface area (Å²) >= 11 is 12.2. The lowest BCUT2D eigenvalue weighted by Crippen LogP contribution is -2.52. The van der Waals surface area contributed by atoms with E-state index in [1.54, 1.807) is 67.6 Å². The van der Waals surface area contributed by atoms with Crippen molar-refractivity contribution in [2.24, 2.45) is 0 Å². The first-order chi connectivity index (χ1) is 19.1. The molecule has 2 amide bonds. The highest BCUT2D eigenvalue weighted by molar-refractivity contribution is 7.92. The first-order valence-corrected chi connectivity index (χ1v) is 15.4. The highest BCUT2D eigenvalue weighted by Gasteiger charge is 2.34. The molecule has 7 nitrogen and oxygen atoms in total. The molecule has 0 spiro atoms. The number of unbranched alkanes of at least 4 members (excludes halogenated alkanes) is 1. The van der Waals surface area contributed by atoms with Gasteiger partial charge in [-0.2, -0.15) is 0 Å². The lowest BCUT2D eigenvalue weighted by atomic mass is 10.1. The first kappa shape index (κ1) is 31.5. The molecule has 0 aromatic heterocycles. The predicted molar refractivity (Wildman–Crippen MR) is 161 cm³/mol. The normalized spacial score (nSPS) is 12.0. The highest BCUT2D eigenvalue weighted by atomic mass is 35.5. The van der Waals surface area contributed by atoms with E-state index >= 15 is 0 Å². The van der Waals surface area contributed by atoms with Crippen molar-refractivity contribution in [3.8, 4) is 0 Å². The molecule has 3 aromatic carbocycles. The second-order valence-corrected chi connectivity index (χ2v) is 12.2. The molecule has 214 valence electrons. The summed E-state index contributed by atoms with van der Waals surface area (Å²) in [6.45, 7) is 5.68. The lowest BCUT2D eigenvalue weighted by Gasteiger charge is -2.33. The summed E-state index contributed by atoms with van der Waals surface area (Å²) in [7, 11) is -4.14. The number of sulfonamides is 1. The average Bonchev–Trinajstić information content (AvgIpc) is 2.93. The molecule has 3 rings (SSSR count). The standard InChI is InChI=1S/C30H35Cl2N3O4S/c1-4-6-18-33-30(37)27(5-2)34(20-23-12-14-24(31)15-13-23)29(36)21-35(28-17-16-25(32)19-22(28)3)40(38,39)26-10-8-7-9-11-26/h7-17,19,27H,4-6,18,20-21H2,1-3H3,(H,33,37)/t27-/m0/s1. The Balaban J connectivity index is 2.05. The van der Waals surface area contributed by atoms with Gasteiger partial charge in [0, 0.05) is 23.1 Å². The molecule has 40 heavy (non-hydrogen) atoms. The fraction of sp³-hybridized carbons (Fsp3) is 0.333. The van der Waals surface area contributed by atoms with Gasteiger partial charge in [-0.1, -0.05) is 73.8 Å². The van der Waals surface area contributed by atoms with Gasteiger partial charge in [0.2, 0.25) is 11.8 Å². The molecule has 0 saturated heterocycles. The second-order valence-electron chi connectivity index (χ2n) is 9.47. The molecular formula is C30H35Cl2N3O4S. The van der Waals surface area contributed by atoms with E-state index in [0.717, 1.165) is 22.7 Å². The molecule has 0 heterocycles. The Morgan fingerprint density at radius 2 is 1.57 bits per heavy atom. The summed E-state index contributed by atoms with van der Waals surface area (Å²) in [6.07, 6.45) is 2.08. The Morgan fingerprint density at radius 3 is 2.17 bits per heavy atom. The van der Waals surface area contributed by atoms with Crippen LogP contribution in [0.4, 0.5) is 5.69 Å². The van der Waals surface area contributed by atoms with Crippen LogP contribution in [-0.4, -0.2) is 44.3 Å². The molecule has 0 bridgehead atoms. The summed E-state index contributed by atoms with van der Waals surface area (Å²) in [4.78, 5) is 28.8. The maximum absolute atomic E-state index is 14.1. The Kier molecular flexibility index (Phi) is 11.4. The minimum absolute atomic E-state index is 0.0470. The van der Waals surface area contributed by atoms with Gasteiger partial charge in [-0.15, -0.1) is 0 Å². The summed E-state index contributed by atoms with van der Waals surface area (Å²) in [5.41, 5.74) is 1.68. The van der Waals surface area contributed by atoms with Crippen LogP contribution in [0.2, 0.25) is 10.0 Å². The fourth-order valence-corrected chi connectivity index (χ4v) is 6.20. The molecule has 0 saturated carbocycles. The highest BCUT2D eigenvalue weighted by Crippen LogP contribution is 2.29. The molecule has 1 atom stereocenters. The van der Waals surface area contributed by atoms with E-state index in [1.165, 1.54) is 17.0 Å². The minimum Gasteiger partial charge on any atom is -0.354 e. The van der Waals surface area contributed by atoms with Crippen LogP contribution in [-0.2, 0) is 26.2 Å². The van der Waals surface area contributed by atoms with Crippen LogP contribution >= 0.6 is 23.2 Å². The van der Waals surface area contributed by atoms with Crippen molar-refractivity contribution < 1.29 is 18.0 Å². The van der Waals surface area contributed by atoms with E-state index in [-0.39, 0.29) is 17.3 Å². The zero-order chi connectivity index (χ0) is 29.3. The van der Waals surface area contributed by atoms with Gasteiger partial charge in [-0.05, 0) is 73.4 Å². The first-order valence-electron chi connectivity index (χ1n) is 13.2. The quantitative estimate of drug-likeness (QED) is 0.235. The van der Waals surface area contributed by atoms with Crippen LogP contribution in [0.1, 0.15) is 44.2 Å². The van der Waals surface area contributed by atoms with Crippen molar-refractivity contribution in [2.45, 2.75) is 57.5 Å². The van der Waals surface area contributed by atoms with Gasteiger partial charge in [0.05, 0.1) is 10.6 Å². The van der Waals surface area contributed by atoms with Crippen molar-refractivity contribution >= 4 is 50.7 Å². The third kappa shape index (κ3) is 7.99. The third-order valence-corrected chi connectivity index (χ3v) is 8.78. The van der Waals surface area contributed by atoms with E-state index in [0.29, 0.717) is 34.3 Å². The van der Waals surface area contributed by atoms with E-state index in [9.17, 15) is 18.0 Å². The third-order valence-electron chi connectivity index (χ3n) is 6.52. The number of aryl methyl sites for hydroxylation is 1. The van der Waals surface area contributed by atoms with Crippen molar-refractivity contribution in [3.05, 3.63) is 94.0 Å². The number of hydrogen-bond donors (Lipinski definition) is 1. The summed E-state index contributed by atoms with van der Waals surface area (Å²) in [5.74, 6) is -0.792. The van der Waals surface area contributed by atoms with Crippen LogP contribution in [0.15, 0.2) is 77.7 Å². The number of anilines is 1. The summed E-state index contributed by atoms with van der Waals surface area (Å²) < 4.78 is 28.9. The van der Waals surface area contributed by atoms with Crippen molar-refractivity contribution in [1.82, 2.24) is 10.2 Å². The molecule has 0 aliphatic heterocycles. The minimum atomic E-state index is -4.14. The fourth-order valence-electron chi connectivity index (χ4n) is 4.34. The molecule has 0 aliphatic carbocycles. The largest absolute Gasteiger partial charge is 0.354 e. The summed E-state index contributed by atoms with van der Waals surface area (Å²) in [5, 5.41) is 3.91. The summed E-state index contributed by atoms with van der Waals surface area (Å²) in [6, 6.07) is 19.0. The van der Waals surface area contributed by atoms with Gasteiger partial charge in [0.15, 0.2) is 0 Å². The van der Waals surface area contributed by atoms with E-state index in [4.69, 9.17) is 23.2 Å². The number of amides is 2. The Labute approximate surface area is 247 Å². The number of benzene rings is 3. The predicted octanol–water partition coefficient (Wildman–Crippen LogP) is 6.22. The van der Waals surface area contributed by atoms with Crippen LogP contribution < -0.4 is 9.62 Å². The van der Waals surface area contributed by atoms with E-state index in [2.05, 4.69) is 5.32 Å². The van der Waals surface area contributed by atoms with E-state index < -0.39 is 28.5 Å². The molecule has 10 heteroatoms. The molecule has 3 aromatic rings. The Bertz CT molecular complexity index is 1400. The molecule has 0 fully saturated rings. The van der Waals surface area contributed by atoms with Gasteiger partial charge in [-0.3, -0.25) is 13.9 Å². The molecule has 0 radical (unpaired) electrons.